The van der Waals surface area contributed by atoms with Crippen LogP contribution in [0.5, 0.6) is 0 Å². The molecule has 20 heavy (non-hydrogen) atoms. The second-order valence-electron chi connectivity index (χ2n) is 4.92. The van der Waals surface area contributed by atoms with Gasteiger partial charge in [-0.1, -0.05) is 11.5 Å². The minimum atomic E-state index is -2.76. The van der Waals surface area contributed by atoms with Crippen LogP contribution < -0.4 is 10.2 Å². The maximum atomic E-state index is 12.3. The molecule has 1 N–H and O–H groups in total. The number of nitrogens with one attached hydrogen (secondary N) is 1. The molecule has 1 amide bonds. The number of alkyl halides is 2. The van der Waals surface area contributed by atoms with E-state index >= 15 is 0 Å². The number of halogens is 2. The van der Waals surface area contributed by atoms with Gasteiger partial charge in [-0.2, -0.15) is 8.78 Å². The molecule has 6 nitrogen and oxygen atoms in total. The molecule has 8 heteroatoms. The lowest BCUT2D eigenvalue weighted by molar-refractivity contribution is -0.127. The van der Waals surface area contributed by atoms with Crippen LogP contribution in [0.25, 0.3) is 0 Å². The Morgan fingerprint density at radius 3 is 2.80 bits per heavy atom. The van der Waals surface area contributed by atoms with Gasteiger partial charge in [-0.3, -0.25) is 4.79 Å². The Balaban J connectivity index is 1.66. The van der Waals surface area contributed by atoms with Gasteiger partial charge in [0.15, 0.2) is 0 Å². The van der Waals surface area contributed by atoms with Crippen molar-refractivity contribution >= 4 is 11.9 Å². The van der Waals surface area contributed by atoms with E-state index in [1.807, 2.05) is 0 Å². The standard InChI is InChI=1S/C12H18F2N4O2/c1-18(12-17-16-11(20-12)9(13)14)7-3-6-15-10(19)8-4-2-5-8/h8-9H,2-7H2,1H3,(H,15,19). The summed E-state index contributed by atoms with van der Waals surface area (Å²) in [5.74, 6) is -0.390. The molecule has 0 atom stereocenters. The predicted octanol–water partition coefficient (Wildman–Crippen LogP) is 1.75. The Bertz CT molecular complexity index is 448. The number of rotatable bonds is 7. The molecule has 1 saturated carbocycles. The number of hydrogen-bond donors (Lipinski definition) is 1. The third-order valence-corrected chi connectivity index (χ3v) is 3.39. The fraction of sp³-hybridized carbons (Fsp3) is 0.750. The van der Waals surface area contributed by atoms with Crippen molar-refractivity contribution in [2.45, 2.75) is 32.1 Å². The molecule has 1 aliphatic carbocycles. The van der Waals surface area contributed by atoms with E-state index in [9.17, 15) is 13.6 Å². The van der Waals surface area contributed by atoms with Gasteiger partial charge < -0.3 is 14.6 Å². The van der Waals surface area contributed by atoms with E-state index in [1.165, 1.54) is 0 Å². The van der Waals surface area contributed by atoms with Crippen molar-refractivity contribution < 1.29 is 18.0 Å². The maximum absolute atomic E-state index is 12.3. The fourth-order valence-electron chi connectivity index (χ4n) is 1.91. The highest BCUT2D eigenvalue weighted by Crippen LogP contribution is 2.26. The average Bonchev–Trinajstić information content (AvgIpc) is 2.81. The van der Waals surface area contributed by atoms with Crippen LogP contribution in [-0.4, -0.2) is 36.2 Å². The lowest BCUT2D eigenvalue weighted by Crippen LogP contribution is -2.36. The molecule has 1 aliphatic rings. The van der Waals surface area contributed by atoms with Crippen LogP contribution in [-0.2, 0) is 4.79 Å². The monoisotopic (exact) mass is 288 g/mol. The summed E-state index contributed by atoms with van der Waals surface area (Å²) in [5.41, 5.74) is 0. The van der Waals surface area contributed by atoms with Crippen LogP contribution in [0.15, 0.2) is 4.42 Å². The summed E-state index contributed by atoms with van der Waals surface area (Å²) in [6, 6.07) is 0.0608. The molecule has 1 fully saturated rings. The van der Waals surface area contributed by atoms with E-state index in [4.69, 9.17) is 4.42 Å². The lowest BCUT2D eigenvalue weighted by atomic mass is 9.85. The fourth-order valence-corrected chi connectivity index (χ4v) is 1.91. The zero-order chi connectivity index (χ0) is 14.5. The van der Waals surface area contributed by atoms with Crippen molar-refractivity contribution in [3.63, 3.8) is 0 Å². The van der Waals surface area contributed by atoms with E-state index in [1.54, 1.807) is 11.9 Å². The first kappa shape index (κ1) is 14.7. The number of anilines is 1. The summed E-state index contributed by atoms with van der Waals surface area (Å²) in [4.78, 5) is 13.2. The molecule has 0 unspecified atom stereocenters. The first-order valence-corrected chi connectivity index (χ1v) is 6.68. The highest BCUT2D eigenvalue weighted by atomic mass is 19.3. The molecule has 0 aromatic carbocycles. The summed E-state index contributed by atoms with van der Waals surface area (Å²) in [7, 11) is 1.68. The van der Waals surface area contributed by atoms with Crippen molar-refractivity contribution in [1.82, 2.24) is 15.5 Å². The summed E-state index contributed by atoms with van der Waals surface area (Å²) < 4.78 is 29.4. The second-order valence-corrected chi connectivity index (χ2v) is 4.92. The molecule has 1 aromatic rings. The van der Waals surface area contributed by atoms with Gasteiger partial charge in [0.25, 0.3) is 5.89 Å². The number of nitrogens with zero attached hydrogens (tertiary/aromatic N) is 3. The van der Waals surface area contributed by atoms with Crippen molar-refractivity contribution in [3.05, 3.63) is 5.89 Å². The average molecular weight is 288 g/mol. The SMILES string of the molecule is CN(CCCNC(=O)C1CCC1)c1nnc(C(F)F)o1. The molecule has 2 rings (SSSR count). The quantitative estimate of drug-likeness (QED) is 0.774. The topological polar surface area (TPSA) is 71.3 Å². The normalized spacial score (nSPS) is 15.2. The van der Waals surface area contributed by atoms with Gasteiger partial charge >= 0.3 is 12.4 Å². The van der Waals surface area contributed by atoms with Crippen molar-refractivity contribution in [2.75, 3.05) is 25.0 Å². The zero-order valence-electron chi connectivity index (χ0n) is 11.3. The number of amides is 1. The molecule has 1 aromatic heterocycles. The highest BCUT2D eigenvalue weighted by molar-refractivity contribution is 5.79. The first-order valence-electron chi connectivity index (χ1n) is 6.68. The zero-order valence-corrected chi connectivity index (χ0v) is 11.3. The lowest BCUT2D eigenvalue weighted by Gasteiger charge is -2.24. The number of hydrogen-bond acceptors (Lipinski definition) is 5. The Labute approximate surface area is 115 Å². The summed E-state index contributed by atoms with van der Waals surface area (Å²) in [6.07, 6.45) is 1.01. The maximum Gasteiger partial charge on any atom is 0.318 e. The van der Waals surface area contributed by atoms with Gasteiger partial charge in [0.05, 0.1) is 0 Å². The molecule has 0 bridgehead atoms. The third-order valence-electron chi connectivity index (χ3n) is 3.39. The van der Waals surface area contributed by atoms with Crippen LogP contribution >= 0.6 is 0 Å². The molecular weight excluding hydrogens is 270 g/mol. The van der Waals surface area contributed by atoms with Gasteiger partial charge in [0.2, 0.25) is 5.91 Å². The minimum absolute atomic E-state index is 0.0608. The molecular formula is C12H18F2N4O2. The van der Waals surface area contributed by atoms with E-state index in [-0.39, 0.29) is 17.8 Å². The molecule has 0 spiro atoms. The van der Waals surface area contributed by atoms with E-state index < -0.39 is 12.3 Å². The van der Waals surface area contributed by atoms with Crippen LogP contribution in [0.2, 0.25) is 0 Å². The van der Waals surface area contributed by atoms with E-state index in [0.717, 1.165) is 19.3 Å². The van der Waals surface area contributed by atoms with Crippen LogP contribution in [0.4, 0.5) is 14.8 Å². The van der Waals surface area contributed by atoms with Gasteiger partial charge in [0, 0.05) is 26.1 Å². The molecule has 1 heterocycles. The Hall–Kier alpha value is -1.73. The second kappa shape index (κ2) is 6.62. The van der Waals surface area contributed by atoms with Crippen molar-refractivity contribution in [1.29, 1.82) is 0 Å². The summed E-state index contributed by atoms with van der Waals surface area (Å²) in [6.45, 7) is 1.09. The smallest absolute Gasteiger partial charge is 0.318 e. The van der Waals surface area contributed by atoms with Crippen LogP contribution in [0, 0.1) is 5.92 Å². The van der Waals surface area contributed by atoms with Gasteiger partial charge in [-0.25, -0.2) is 0 Å². The highest BCUT2D eigenvalue weighted by Gasteiger charge is 2.24. The van der Waals surface area contributed by atoms with Crippen molar-refractivity contribution in [3.8, 4) is 0 Å². The minimum Gasteiger partial charge on any atom is -0.402 e. The molecule has 0 aliphatic heterocycles. The first-order chi connectivity index (χ1) is 9.58. The van der Waals surface area contributed by atoms with Crippen LogP contribution in [0.1, 0.15) is 38.0 Å². The molecule has 0 saturated heterocycles. The Morgan fingerprint density at radius 1 is 1.50 bits per heavy atom. The Kier molecular flexibility index (Phi) is 4.86. The van der Waals surface area contributed by atoms with Gasteiger partial charge in [0.1, 0.15) is 0 Å². The largest absolute Gasteiger partial charge is 0.402 e. The van der Waals surface area contributed by atoms with E-state index in [2.05, 4.69) is 15.5 Å². The van der Waals surface area contributed by atoms with E-state index in [0.29, 0.717) is 19.5 Å². The van der Waals surface area contributed by atoms with Crippen molar-refractivity contribution in [2.24, 2.45) is 5.92 Å². The predicted molar refractivity (Wildman–Crippen MR) is 67.5 cm³/mol. The Morgan fingerprint density at radius 2 is 2.25 bits per heavy atom. The number of carbonyl (C=O) groups excluding carboxylic acids is 1. The number of carbonyl (C=O) groups is 1. The molecule has 112 valence electrons. The van der Waals surface area contributed by atoms with Gasteiger partial charge in [-0.15, -0.1) is 5.10 Å². The summed E-state index contributed by atoms with van der Waals surface area (Å²) in [5, 5.41) is 9.66. The molecule has 0 radical (unpaired) electrons. The third kappa shape index (κ3) is 3.64. The number of aromatic nitrogens is 2. The van der Waals surface area contributed by atoms with Crippen LogP contribution in [0.3, 0.4) is 0 Å². The van der Waals surface area contributed by atoms with Gasteiger partial charge in [-0.05, 0) is 19.3 Å². The summed E-state index contributed by atoms with van der Waals surface area (Å²) >= 11 is 0.